The van der Waals surface area contributed by atoms with Gasteiger partial charge in [0, 0.05) is 5.56 Å². The zero-order valence-electron chi connectivity index (χ0n) is 18.0. The summed E-state index contributed by atoms with van der Waals surface area (Å²) in [6.45, 7) is 9.64. The highest BCUT2D eigenvalue weighted by Crippen LogP contribution is 2.16. The molecule has 0 atom stereocenters. The molecule has 0 heterocycles. The fourth-order valence-corrected chi connectivity index (χ4v) is 2.19. The molecule has 162 valence electrons. The van der Waals surface area contributed by atoms with E-state index in [0.29, 0.717) is 11.1 Å². The maximum absolute atomic E-state index is 12.7. The Kier molecular flexibility index (Phi) is 7.60. The normalized spacial score (nSPS) is 11.1. The number of carboxylic acid groups (broad SMARTS) is 1. The van der Waals surface area contributed by atoms with E-state index >= 15 is 0 Å². The lowest BCUT2D eigenvalue weighted by Gasteiger charge is -2.28. The standard InChI is InChI=1S/C21H27N3O6/c1-8-13-9-14(11-15(10-13)16(25)26)12-24(19(28)30-21(5,6)7)17(22)23-18(27)29-20(2,3)4/h1,9-11H,12H2,2-7H3,(H,25,26)(H2,22,23,27). The Morgan fingerprint density at radius 3 is 2.13 bits per heavy atom. The SMILES string of the molecule is C#Cc1cc(CN(C(=N)NC(=O)OC(C)(C)C)C(=O)OC(C)(C)C)cc(C(=O)O)c1. The third kappa shape index (κ3) is 8.22. The van der Waals surface area contributed by atoms with Gasteiger partial charge in [0.05, 0.1) is 12.1 Å². The van der Waals surface area contributed by atoms with E-state index in [4.69, 9.17) is 21.3 Å². The van der Waals surface area contributed by atoms with Crippen LogP contribution in [0.3, 0.4) is 0 Å². The molecule has 0 aliphatic rings. The monoisotopic (exact) mass is 417 g/mol. The minimum Gasteiger partial charge on any atom is -0.478 e. The van der Waals surface area contributed by atoms with Crippen LogP contribution < -0.4 is 5.32 Å². The molecule has 0 aliphatic carbocycles. The van der Waals surface area contributed by atoms with Gasteiger partial charge >= 0.3 is 18.2 Å². The smallest absolute Gasteiger partial charge is 0.417 e. The summed E-state index contributed by atoms with van der Waals surface area (Å²) in [4.78, 5) is 36.9. The molecule has 0 radical (unpaired) electrons. The summed E-state index contributed by atoms with van der Waals surface area (Å²) in [6, 6.07) is 4.14. The van der Waals surface area contributed by atoms with Crippen LogP contribution in [-0.4, -0.2) is 45.3 Å². The highest BCUT2D eigenvalue weighted by molar-refractivity contribution is 5.99. The highest BCUT2D eigenvalue weighted by Gasteiger charge is 2.28. The Balaban J connectivity index is 3.22. The van der Waals surface area contributed by atoms with E-state index in [9.17, 15) is 19.5 Å². The Hall–Kier alpha value is -3.54. The largest absolute Gasteiger partial charge is 0.478 e. The number of hydrogen-bond acceptors (Lipinski definition) is 6. The predicted molar refractivity (Wildman–Crippen MR) is 110 cm³/mol. The average Bonchev–Trinajstić information content (AvgIpc) is 2.55. The molecule has 0 aromatic heterocycles. The van der Waals surface area contributed by atoms with Gasteiger partial charge in [-0.05, 0) is 65.3 Å². The van der Waals surface area contributed by atoms with E-state index in [1.165, 1.54) is 18.2 Å². The fraction of sp³-hybridized carbons (Fsp3) is 0.429. The minimum atomic E-state index is -1.20. The van der Waals surface area contributed by atoms with Crippen molar-refractivity contribution in [2.75, 3.05) is 0 Å². The van der Waals surface area contributed by atoms with Crippen molar-refractivity contribution in [1.29, 1.82) is 5.41 Å². The molecule has 0 bridgehead atoms. The summed E-state index contributed by atoms with van der Waals surface area (Å²) in [5.74, 6) is 0.558. The van der Waals surface area contributed by atoms with Crippen LogP contribution in [0.2, 0.25) is 0 Å². The van der Waals surface area contributed by atoms with Gasteiger partial charge in [0.1, 0.15) is 11.2 Å². The summed E-state index contributed by atoms with van der Waals surface area (Å²) < 4.78 is 10.4. The number of hydrogen-bond donors (Lipinski definition) is 3. The van der Waals surface area contributed by atoms with Gasteiger partial charge in [-0.2, -0.15) is 0 Å². The van der Waals surface area contributed by atoms with Crippen LogP contribution in [0.1, 0.15) is 63.0 Å². The van der Waals surface area contributed by atoms with E-state index < -0.39 is 35.3 Å². The van der Waals surface area contributed by atoms with E-state index in [2.05, 4.69) is 11.2 Å². The van der Waals surface area contributed by atoms with E-state index in [1.807, 2.05) is 0 Å². The molecule has 1 rings (SSSR count). The number of carbonyl (C=O) groups is 3. The number of ether oxygens (including phenoxy) is 2. The number of guanidine groups is 1. The zero-order chi connectivity index (χ0) is 23.3. The third-order valence-electron chi connectivity index (χ3n) is 3.25. The van der Waals surface area contributed by atoms with Gasteiger partial charge in [0.15, 0.2) is 0 Å². The first-order valence-corrected chi connectivity index (χ1v) is 9.04. The quantitative estimate of drug-likeness (QED) is 0.392. The Morgan fingerprint density at radius 1 is 1.10 bits per heavy atom. The number of terminal acetylenes is 1. The first kappa shape index (κ1) is 24.5. The van der Waals surface area contributed by atoms with E-state index in [1.54, 1.807) is 41.5 Å². The van der Waals surface area contributed by atoms with Gasteiger partial charge in [-0.25, -0.2) is 19.3 Å². The second-order valence-corrected chi connectivity index (χ2v) is 8.41. The average molecular weight is 417 g/mol. The van der Waals surface area contributed by atoms with Crippen molar-refractivity contribution in [3.05, 3.63) is 34.9 Å². The molecule has 1 aromatic rings. The lowest BCUT2D eigenvalue weighted by molar-refractivity contribution is 0.0346. The van der Waals surface area contributed by atoms with E-state index in [-0.39, 0.29) is 12.1 Å². The molecular formula is C21H27N3O6. The molecular weight excluding hydrogens is 390 g/mol. The summed E-state index contributed by atoms with van der Waals surface area (Å²) in [5, 5.41) is 19.6. The van der Waals surface area contributed by atoms with Crippen LogP contribution in [0.15, 0.2) is 18.2 Å². The summed E-state index contributed by atoms with van der Waals surface area (Å²) in [7, 11) is 0. The zero-order valence-corrected chi connectivity index (χ0v) is 18.0. The van der Waals surface area contributed by atoms with Gasteiger partial charge in [-0.1, -0.05) is 5.92 Å². The lowest BCUT2D eigenvalue weighted by atomic mass is 10.1. The lowest BCUT2D eigenvalue weighted by Crippen LogP contribution is -2.49. The minimum absolute atomic E-state index is 0.0729. The highest BCUT2D eigenvalue weighted by atomic mass is 16.6. The van der Waals surface area contributed by atoms with Gasteiger partial charge < -0.3 is 14.6 Å². The Labute approximate surface area is 175 Å². The number of nitrogens with zero attached hydrogens (tertiary/aromatic N) is 1. The topological polar surface area (TPSA) is 129 Å². The first-order valence-electron chi connectivity index (χ1n) is 9.04. The number of amides is 2. The first-order chi connectivity index (χ1) is 13.6. The van der Waals surface area contributed by atoms with Crippen molar-refractivity contribution in [2.45, 2.75) is 59.3 Å². The van der Waals surface area contributed by atoms with Crippen molar-refractivity contribution < 1.29 is 29.0 Å². The van der Waals surface area contributed by atoms with Crippen LogP contribution in [0.4, 0.5) is 9.59 Å². The van der Waals surface area contributed by atoms with Gasteiger partial charge in [0.2, 0.25) is 5.96 Å². The molecule has 3 N–H and O–H groups in total. The van der Waals surface area contributed by atoms with E-state index in [0.717, 1.165) is 4.90 Å². The summed E-state index contributed by atoms with van der Waals surface area (Å²) >= 11 is 0. The second-order valence-electron chi connectivity index (χ2n) is 8.41. The van der Waals surface area contributed by atoms with Crippen LogP contribution in [0.25, 0.3) is 0 Å². The molecule has 0 unspecified atom stereocenters. The molecule has 2 amide bonds. The van der Waals surface area contributed by atoms with Gasteiger partial charge in [-0.15, -0.1) is 6.42 Å². The number of nitrogens with one attached hydrogen (secondary N) is 2. The molecule has 30 heavy (non-hydrogen) atoms. The van der Waals surface area contributed by atoms with Crippen molar-refractivity contribution >= 4 is 24.1 Å². The number of carbonyl (C=O) groups excluding carboxylic acids is 2. The predicted octanol–water partition coefficient (Wildman–Crippen LogP) is 3.56. The maximum Gasteiger partial charge on any atom is 0.417 e. The van der Waals surface area contributed by atoms with Crippen molar-refractivity contribution in [2.24, 2.45) is 0 Å². The number of rotatable bonds is 3. The van der Waals surface area contributed by atoms with Crippen LogP contribution >= 0.6 is 0 Å². The molecule has 1 aromatic carbocycles. The van der Waals surface area contributed by atoms with Crippen LogP contribution in [-0.2, 0) is 16.0 Å². The third-order valence-corrected chi connectivity index (χ3v) is 3.25. The van der Waals surface area contributed by atoms with Crippen molar-refractivity contribution in [3.8, 4) is 12.3 Å². The van der Waals surface area contributed by atoms with Crippen molar-refractivity contribution in [1.82, 2.24) is 10.2 Å². The van der Waals surface area contributed by atoms with Gasteiger partial charge in [-0.3, -0.25) is 10.7 Å². The molecule has 0 spiro atoms. The van der Waals surface area contributed by atoms with Gasteiger partial charge in [0.25, 0.3) is 0 Å². The maximum atomic E-state index is 12.7. The molecule has 0 saturated heterocycles. The molecule has 0 fully saturated rings. The molecule has 0 saturated carbocycles. The summed E-state index contributed by atoms with van der Waals surface area (Å²) in [5.41, 5.74) is -1.12. The Bertz CT molecular complexity index is 887. The molecule has 9 heteroatoms. The molecule has 9 nitrogen and oxygen atoms in total. The summed E-state index contributed by atoms with van der Waals surface area (Å²) in [6.07, 6.45) is 3.55. The van der Waals surface area contributed by atoms with Crippen LogP contribution in [0.5, 0.6) is 0 Å². The fourth-order valence-electron chi connectivity index (χ4n) is 2.19. The second kappa shape index (κ2) is 9.31. The Morgan fingerprint density at radius 2 is 1.67 bits per heavy atom. The van der Waals surface area contributed by atoms with Crippen LogP contribution in [0, 0.1) is 17.8 Å². The number of benzene rings is 1. The number of alkyl carbamates (subject to hydrolysis) is 1. The number of carboxylic acids is 1. The number of aromatic carboxylic acids is 1. The molecule has 0 aliphatic heterocycles. The van der Waals surface area contributed by atoms with Crippen molar-refractivity contribution in [3.63, 3.8) is 0 Å².